The van der Waals surface area contributed by atoms with Gasteiger partial charge in [0.15, 0.2) is 5.11 Å². The molecule has 2 N–H and O–H groups in total. The Balaban J connectivity index is 2.10. The zero-order valence-corrected chi connectivity index (χ0v) is 13.5. The molecule has 0 amide bonds. The third kappa shape index (κ3) is 4.08. The molecular weight excluding hydrogens is 367 g/mol. The molecular formula is C13H9BrCl2N2S. The van der Waals surface area contributed by atoms with Gasteiger partial charge < -0.3 is 10.6 Å². The van der Waals surface area contributed by atoms with E-state index < -0.39 is 0 Å². The van der Waals surface area contributed by atoms with Crippen LogP contribution >= 0.6 is 51.3 Å². The molecule has 2 aromatic carbocycles. The number of anilines is 2. The van der Waals surface area contributed by atoms with Gasteiger partial charge in [0, 0.05) is 9.50 Å². The van der Waals surface area contributed by atoms with E-state index in [4.69, 9.17) is 35.4 Å². The first-order valence-electron chi connectivity index (χ1n) is 5.34. The van der Waals surface area contributed by atoms with Crippen LogP contribution in [0.3, 0.4) is 0 Å². The van der Waals surface area contributed by atoms with Gasteiger partial charge in [-0.1, -0.05) is 35.3 Å². The fourth-order valence-corrected chi connectivity index (χ4v) is 2.37. The molecule has 0 saturated carbocycles. The van der Waals surface area contributed by atoms with Gasteiger partial charge in [0.2, 0.25) is 0 Å². The molecule has 0 radical (unpaired) electrons. The number of thiocarbonyl (C=S) groups is 1. The molecule has 19 heavy (non-hydrogen) atoms. The van der Waals surface area contributed by atoms with Gasteiger partial charge in [0.1, 0.15) is 0 Å². The van der Waals surface area contributed by atoms with Gasteiger partial charge in [-0.2, -0.15) is 0 Å². The Kier molecular flexibility index (Phi) is 5.05. The molecule has 2 rings (SSSR count). The van der Waals surface area contributed by atoms with E-state index >= 15 is 0 Å². The Labute approximate surface area is 135 Å². The monoisotopic (exact) mass is 374 g/mol. The van der Waals surface area contributed by atoms with E-state index in [9.17, 15) is 0 Å². The maximum Gasteiger partial charge on any atom is 0.175 e. The van der Waals surface area contributed by atoms with E-state index in [1.807, 2.05) is 24.3 Å². The predicted molar refractivity (Wildman–Crippen MR) is 90.4 cm³/mol. The first-order chi connectivity index (χ1) is 9.06. The molecule has 2 aromatic rings. The van der Waals surface area contributed by atoms with Crippen LogP contribution in [0.5, 0.6) is 0 Å². The second-order valence-electron chi connectivity index (χ2n) is 3.68. The zero-order valence-electron chi connectivity index (χ0n) is 9.58. The van der Waals surface area contributed by atoms with Crippen molar-refractivity contribution in [3.05, 3.63) is 57.0 Å². The van der Waals surface area contributed by atoms with Crippen molar-refractivity contribution in [2.45, 2.75) is 0 Å². The van der Waals surface area contributed by atoms with E-state index in [0.29, 0.717) is 20.8 Å². The number of hydrogen-bond acceptors (Lipinski definition) is 1. The van der Waals surface area contributed by atoms with Crippen LogP contribution in [0.2, 0.25) is 10.0 Å². The van der Waals surface area contributed by atoms with Crippen molar-refractivity contribution in [1.82, 2.24) is 0 Å². The molecule has 0 saturated heterocycles. The number of rotatable bonds is 2. The molecule has 0 aliphatic rings. The maximum atomic E-state index is 6.06. The van der Waals surface area contributed by atoms with Crippen LogP contribution in [0.15, 0.2) is 46.9 Å². The molecule has 2 nitrogen and oxygen atoms in total. The first kappa shape index (κ1) is 14.6. The summed E-state index contributed by atoms with van der Waals surface area (Å²) in [4.78, 5) is 0. The second kappa shape index (κ2) is 6.57. The first-order valence-corrected chi connectivity index (χ1v) is 7.29. The van der Waals surface area contributed by atoms with Crippen LogP contribution < -0.4 is 10.6 Å². The lowest BCUT2D eigenvalue weighted by Crippen LogP contribution is -2.19. The third-order valence-corrected chi connectivity index (χ3v) is 3.76. The highest BCUT2D eigenvalue weighted by Crippen LogP contribution is 2.26. The molecule has 0 unspecified atom stereocenters. The lowest BCUT2D eigenvalue weighted by molar-refractivity contribution is 1.57. The van der Waals surface area contributed by atoms with Gasteiger partial charge >= 0.3 is 0 Å². The summed E-state index contributed by atoms with van der Waals surface area (Å²) in [5.74, 6) is 0. The lowest BCUT2D eigenvalue weighted by Gasteiger charge is -2.13. The Morgan fingerprint density at radius 2 is 1.68 bits per heavy atom. The van der Waals surface area contributed by atoms with Crippen LogP contribution in [-0.2, 0) is 0 Å². The highest BCUT2D eigenvalue weighted by atomic mass is 79.9. The van der Waals surface area contributed by atoms with Crippen LogP contribution in [-0.4, -0.2) is 5.11 Å². The van der Waals surface area contributed by atoms with Gasteiger partial charge in [-0.05, 0) is 58.5 Å². The summed E-state index contributed by atoms with van der Waals surface area (Å²) in [5, 5.41) is 7.68. The molecule has 0 aliphatic heterocycles. The molecule has 0 bridgehead atoms. The van der Waals surface area contributed by atoms with E-state index in [-0.39, 0.29) is 0 Å². The van der Waals surface area contributed by atoms with Crippen molar-refractivity contribution in [3.63, 3.8) is 0 Å². The van der Waals surface area contributed by atoms with Crippen molar-refractivity contribution in [2.75, 3.05) is 10.6 Å². The second-order valence-corrected chi connectivity index (χ2v) is 5.79. The Morgan fingerprint density at radius 1 is 1.00 bits per heavy atom. The molecule has 0 aromatic heterocycles. The summed E-state index contributed by atoms with van der Waals surface area (Å²) >= 11 is 20.6. The molecule has 0 heterocycles. The molecule has 0 fully saturated rings. The Hall–Kier alpha value is -0.810. The van der Waals surface area contributed by atoms with Crippen molar-refractivity contribution in [3.8, 4) is 0 Å². The summed E-state index contributed by atoms with van der Waals surface area (Å²) in [5.41, 5.74) is 1.54. The average molecular weight is 376 g/mol. The topological polar surface area (TPSA) is 24.1 Å². The summed E-state index contributed by atoms with van der Waals surface area (Å²) in [7, 11) is 0. The fraction of sp³-hybridized carbons (Fsp3) is 0. The van der Waals surface area contributed by atoms with Crippen molar-refractivity contribution >= 4 is 67.8 Å². The molecule has 98 valence electrons. The minimum atomic E-state index is 0.441. The smallest absolute Gasteiger partial charge is 0.175 e. The number of nitrogens with one attached hydrogen (secondary N) is 2. The van der Waals surface area contributed by atoms with Crippen LogP contribution in [0.25, 0.3) is 0 Å². The number of hydrogen-bond donors (Lipinski definition) is 2. The molecule has 0 atom stereocenters. The molecule has 0 spiro atoms. The van der Waals surface area contributed by atoms with Crippen molar-refractivity contribution < 1.29 is 0 Å². The lowest BCUT2D eigenvalue weighted by atomic mass is 10.3. The van der Waals surface area contributed by atoms with Gasteiger partial charge in [0.25, 0.3) is 0 Å². The van der Waals surface area contributed by atoms with Gasteiger partial charge in [0.05, 0.1) is 16.4 Å². The SMILES string of the molecule is S=C(Nc1cc(Cl)ccc1Cl)Nc1ccccc1Br. The third-order valence-electron chi connectivity index (χ3n) is 2.30. The minimum Gasteiger partial charge on any atom is -0.332 e. The summed E-state index contributed by atoms with van der Waals surface area (Å²) < 4.78 is 0.927. The standard InChI is InChI=1S/C13H9BrCl2N2S/c14-9-3-1-2-4-11(9)17-13(19)18-12-7-8(15)5-6-10(12)16/h1-7H,(H2,17,18,19). The zero-order chi connectivity index (χ0) is 13.8. The average Bonchev–Trinajstić information content (AvgIpc) is 2.37. The van der Waals surface area contributed by atoms with Gasteiger partial charge in [-0.15, -0.1) is 0 Å². The van der Waals surface area contributed by atoms with Crippen LogP contribution in [0.1, 0.15) is 0 Å². The number of benzene rings is 2. The molecule has 0 aliphatic carbocycles. The maximum absolute atomic E-state index is 6.06. The Morgan fingerprint density at radius 3 is 2.42 bits per heavy atom. The number of halogens is 3. The van der Waals surface area contributed by atoms with Crippen molar-refractivity contribution in [2.24, 2.45) is 0 Å². The van der Waals surface area contributed by atoms with Gasteiger partial charge in [-0.25, -0.2) is 0 Å². The van der Waals surface area contributed by atoms with E-state index in [1.165, 1.54) is 0 Å². The normalized spacial score (nSPS) is 10.1. The largest absolute Gasteiger partial charge is 0.332 e. The summed E-state index contributed by atoms with van der Waals surface area (Å²) in [6, 6.07) is 12.8. The summed E-state index contributed by atoms with van der Waals surface area (Å²) in [6.07, 6.45) is 0. The highest BCUT2D eigenvalue weighted by Gasteiger charge is 2.05. The van der Waals surface area contributed by atoms with Crippen LogP contribution in [0.4, 0.5) is 11.4 Å². The van der Waals surface area contributed by atoms with E-state index in [2.05, 4.69) is 26.6 Å². The number of para-hydroxylation sites is 1. The quantitative estimate of drug-likeness (QED) is 0.671. The minimum absolute atomic E-state index is 0.441. The van der Waals surface area contributed by atoms with E-state index in [0.717, 1.165) is 10.2 Å². The van der Waals surface area contributed by atoms with E-state index in [1.54, 1.807) is 18.2 Å². The van der Waals surface area contributed by atoms with Gasteiger partial charge in [-0.3, -0.25) is 0 Å². The Bertz CT molecular complexity index is 619. The predicted octanol–water partition coefficient (Wildman–Crippen LogP) is 5.56. The van der Waals surface area contributed by atoms with Crippen LogP contribution in [0, 0.1) is 0 Å². The molecule has 6 heteroatoms. The fourth-order valence-electron chi connectivity index (χ4n) is 1.43. The highest BCUT2D eigenvalue weighted by molar-refractivity contribution is 9.10. The summed E-state index contributed by atoms with van der Waals surface area (Å²) in [6.45, 7) is 0. The van der Waals surface area contributed by atoms with Crippen molar-refractivity contribution in [1.29, 1.82) is 0 Å².